The maximum absolute atomic E-state index is 14.5. The number of phenols is 1. The topological polar surface area (TPSA) is 369 Å². The number of nitrogens with one attached hydrogen (secondary N) is 9. The number of amides is 8. The van der Waals surface area contributed by atoms with E-state index in [1.54, 1.807) is 46.2 Å². The van der Waals surface area contributed by atoms with Gasteiger partial charge < -0.3 is 68.6 Å². The molecule has 1 heterocycles. The van der Waals surface area contributed by atoms with Crippen molar-refractivity contribution in [3.05, 3.63) is 65.9 Å². The van der Waals surface area contributed by atoms with Crippen LogP contribution >= 0.6 is 11.8 Å². The first-order valence-corrected chi connectivity index (χ1v) is 24.7. The Balaban J connectivity index is 1.88. The average Bonchev–Trinajstić information content (AvgIpc) is 3.73. The number of aromatic nitrogens is 1. The van der Waals surface area contributed by atoms with E-state index >= 15 is 0 Å². The van der Waals surface area contributed by atoms with Gasteiger partial charge in [-0.25, -0.2) is 4.79 Å². The number of hydrogen-bond donors (Lipinski definition) is 13. The van der Waals surface area contributed by atoms with Gasteiger partial charge in [0.25, 0.3) is 0 Å². The maximum Gasteiger partial charge on any atom is 0.326 e. The Morgan fingerprint density at radius 2 is 1.14 bits per heavy atom. The average molecular weight is 1030 g/mol. The van der Waals surface area contributed by atoms with E-state index in [4.69, 9.17) is 5.73 Å². The zero-order chi connectivity index (χ0) is 53.8. The summed E-state index contributed by atoms with van der Waals surface area (Å²) < 4.78 is 0. The first-order valence-electron chi connectivity index (χ1n) is 23.3. The van der Waals surface area contributed by atoms with Crippen molar-refractivity contribution in [2.24, 2.45) is 23.5 Å². The molecule has 0 spiro atoms. The van der Waals surface area contributed by atoms with Crippen LogP contribution in [0.25, 0.3) is 10.9 Å². The molecule has 0 aliphatic heterocycles. The predicted octanol–water partition coefficient (Wildman–Crippen LogP) is -0.592. The van der Waals surface area contributed by atoms with Crippen molar-refractivity contribution in [1.82, 2.24) is 47.5 Å². The quantitative estimate of drug-likeness (QED) is 0.0413. The number of carboxylic acid groups (broad SMARTS) is 2. The maximum atomic E-state index is 14.5. The van der Waals surface area contributed by atoms with Crippen molar-refractivity contribution in [2.75, 3.05) is 25.1 Å². The highest BCUT2D eigenvalue weighted by molar-refractivity contribution is 7.98. The molecule has 23 nitrogen and oxygen atoms in total. The molecule has 24 heteroatoms. The zero-order valence-electron chi connectivity index (χ0n) is 41.3. The number of benzene rings is 2. The van der Waals surface area contributed by atoms with Crippen LogP contribution in [0.5, 0.6) is 5.75 Å². The van der Waals surface area contributed by atoms with Gasteiger partial charge >= 0.3 is 11.9 Å². The molecule has 3 rings (SSSR count). The standard InChI is InChI=1S/C48H68N10O13S/c1-24(2)39(49)46(68)52-23-37(61)57-40(25(3)4)47(69)56-34(19-28-21-50-31-11-9-8-10-30(28)31)44(66)54-33(18-27-12-14-29(59)15-13-27)42(64)51-22-36(60)53-32(16-17-72-7)43(65)55-35(20-38(62)63)45(67)58-41(26(5)6)48(70)71/h8-15,21,24-26,32-35,39-41,50,59H,16-20,22-23,49H2,1-7H3,(H,51,64)(H,52,68)(H,53,60)(H,54,66)(H,55,65)(H,56,69)(H,57,61)(H,58,67)(H,62,63)(H,70,71)/t32-,33-,34-,35-,39-,40-,41-/m0/s1. The SMILES string of the molecule is CSCC[C@H](NC(=O)CNC(=O)[C@H](Cc1ccc(O)cc1)NC(=O)[C@H](Cc1c[nH]c2ccccc12)NC(=O)[C@@H](NC(=O)CNC(=O)[C@@H](N)C(C)C)C(C)C)C(=O)N[C@@H](CC(=O)O)C(=O)N[C@H](C(=O)O)C(C)C. The van der Waals surface area contributed by atoms with Gasteiger partial charge in [0.05, 0.1) is 25.6 Å². The molecule has 0 aliphatic carbocycles. The van der Waals surface area contributed by atoms with E-state index in [2.05, 4.69) is 47.5 Å². The minimum absolute atomic E-state index is 0.00811. The smallest absolute Gasteiger partial charge is 0.326 e. The number of carbonyl (C=O) groups excluding carboxylic acids is 8. The number of nitrogens with two attached hydrogens (primary N) is 1. The summed E-state index contributed by atoms with van der Waals surface area (Å²) in [6.45, 7) is 8.65. The number of carbonyl (C=O) groups is 10. The summed E-state index contributed by atoms with van der Waals surface area (Å²) in [5.41, 5.74) is 7.72. The number of thioether (sulfide) groups is 1. The van der Waals surface area contributed by atoms with Gasteiger partial charge in [0, 0.05) is 29.9 Å². The monoisotopic (exact) mass is 1020 g/mol. The lowest BCUT2D eigenvalue weighted by molar-refractivity contribution is -0.144. The van der Waals surface area contributed by atoms with Crippen molar-refractivity contribution in [1.29, 1.82) is 0 Å². The third-order valence-electron chi connectivity index (χ3n) is 11.4. The van der Waals surface area contributed by atoms with E-state index in [-0.39, 0.29) is 30.9 Å². The van der Waals surface area contributed by atoms with Gasteiger partial charge in [-0.1, -0.05) is 71.9 Å². The molecule has 0 unspecified atom stereocenters. The Morgan fingerprint density at radius 1 is 0.597 bits per heavy atom. The summed E-state index contributed by atoms with van der Waals surface area (Å²) in [5.74, 6) is -10.6. The fourth-order valence-electron chi connectivity index (χ4n) is 7.15. The molecule has 0 bridgehead atoms. The minimum atomic E-state index is -1.72. The largest absolute Gasteiger partial charge is 0.508 e. The highest BCUT2D eigenvalue weighted by atomic mass is 32.2. The Hall–Kier alpha value is -7.21. The minimum Gasteiger partial charge on any atom is -0.508 e. The van der Waals surface area contributed by atoms with Crippen LogP contribution in [0.4, 0.5) is 0 Å². The van der Waals surface area contributed by atoms with Crippen LogP contribution in [0.2, 0.25) is 0 Å². The van der Waals surface area contributed by atoms with E-state index in [1.165, 1.54) is 49.9 Å². The van der Waals surface area contributed by atoms with Gasteiger partial charge in [-0.3, -0.25) is 43.2 Å². The van der Waals surface area contributed by atoms with E-state index in [1.807, 2.05) is 18.2 Å². The van der Waals surface area contributed by atoms with Gasteiger partial charge in [0.1, 0.15) is 42.0 Å². The number of aromatic hydroxyl groups is 1. The number of H-pyrrole nitrogens is 1. The summed E-state index contributed by atoms with van der Waals surface area (Å²) in [4.78, 5) is 135. The van der Waals surface area contributed by atoms with E-state index in [9.17, 15) is 63.3 Å². The van der Waals surface area contributed by atoms with Crippen LogP contribution in [0.15, 0.2) is 54.7 Å². The van der Waals surface area contributed by atoms with Crippen LogP contribution < -0.4 is 48.3 Å². The van der Waals surface area contributed by atoms with Crippen molar-refractivity contribution in [2.45, 2.75) is 110 Å². The Bertz CT molecular complexity index is 2390. The number of fused-ring (bicyclic) bond motifs is 1. The predicted molar refractivity (Wildman–Crippen MR) is 267 cm³/mol. The normalized spacial score (nSPS) is 14.2. The van der Waals surface area contributed by atoms with Crippen LogP contribution in [0.3, 0.4) is 0 Å². The molecule has 0 radical (unpaired) electrons. The van der Waals surface area contributed by atoms with Crippen LogP contribution in [-0.2, 0) is 60.8 Å². The first kappa shape index (κ1) is 59.1. The van der Waals surface area contributed by atoms with E-state index < -0.39 is 133 Å². The van der Waals surface area contributed by atoms with Crippen molar-refractivity contribution in [3.63, 3.8) is 0 Å². The molecular weight excluding hydrogens is 957 g/mol. The Kier molecular flexibility index (Phi) is 23.5. The number of carboxylic acids is 2. The van der Waals surface area contributed by atoms with Gasteiger partial charge in [0.2, 0.25) is 47.3 Å². The lowest BCUT2D eigenvalue weighted by atomic mass is 9.99. The fraction of sp³-hybridized carbons (Fsp3) is 0.500. The van der Waals surface area contributed by atoms with E-state index in [0.29, 0.717) is 16.9 Å². The lowest BCUT2D eigenvalue weighted by Crippen LogP contribution is -2.59. The third-order valence-corrected chi connectivity index (χ3v) is 12.0. The molecule has 1 aromatic heterocycles. The molecule has 8 amide bonds. The summed E-state index contributed by atoms with van der Waals surface area (Å²) in [7, 11) is 0. The molecule has 0 aliphatic rings. The fourth-order valence-corrected chi connectivity index (χ4v) is 7.62. The van der Waals surface area contributed by atoms with Crippen LogP contribution in [-0.4, -0.2) is 147 Å². The van der Waals surface area contributed by atoms with Crippen LogP contribution in [0, 0.1) is 17.8 Å². The molecule has 2 aromatic carbocycles. The van der Waals surface area contributed by atoms with Gasteiger partial charge in [-0.15, -0.1) is 0 Å². The number of rotatable bonds is 29. The number of para-hydroxylation sites is 1. The second-order valence-corrected chi connectivity index (χ2v) is 19.2. The number of aliphatic carboxylic acids is 2. The van der Waals surface area contributed by atoms with Crippen molar-refractivity contribution >= 4 is 81.9 Å². The van der Waals surface area contributed by atoms with Crippen LogP contribution in [0.1, 0.15) is 65.5 Å². The molecule has 7 atom stereocenters. The number of phenolic OH excluding ortho intramolecular Hbond substituents is 1. The lowest BCUT2D eigenvalue weighted by Gasteiger charge is -2.27. The Morgan fingerprint density at radius 3 is 1.72 bits per heavy atom. The molecule has 0 saturated heterocycles. The second-order valence-electron chi connectivity index (χ2n) is 18.2. The number of aromatic amines is 1. The third kappa shape index (κ3) is 18.8. The highest BCUT2D eigenvalue weighted by Crippen LogP contribution is 2.20. The summed E-state index contributed by atoms with van der Waals surface area (Å²) >= 11 is 1.31. The van der Waals surface area contributed by atoms with Gasteiger partial charge in [0.15, 0.2) is 0 Å². The summed E-state index contributed by atoms with van der Waals surface area (Å²) in [5, 5.41) is 49.7. The molecule has 394 valence electrons. The molecule has 72 heavy (non-hydrogen) atoms. The van der Waals surface area contributed by atoms with Crippen molar-refractivity contribution in [3.8, 4) is 5.75 Å². The highest BCUT2D eigenvalue weighted by Gasteiger charge is 2.34. The molecule has 0 saturated carbocycles. The molecule has 3 aromatic rings. The molecular formula is C48H68N10O13S. The summed E-state index contributed by atoms with van der Waals surface area (Å²) in [6, 6.07) is 3.63. The number of hydrogen-bond acceptors (Lipinski definition) is 13. The van der Waals surface area contributed by atoms with E-state index in [0.717, 1.165) is 10.9 Å². The van der Waals surface area contributed by atoms with Gasteiger partial charge in [-0.05, 0) is 65.5 Å². The first-order chi connectivity index (χ1) is 33.9. The Labute approximate surface area is 421 Å². The zero-order valence-corrected chi connectivity index (χ0v) is 42.1. The molecule has 0 fully saturated rings. The van der Waals surface area contributed by atoms with Crippen molar-refractivity contribution < 1.29 is 63.3 Å². The second kappa shape index (κ2) is 28.6. The summed E-state index contributed by atoms with van der Waals surface area (Å²) in [6.07, 6.45) is 2.18. The van der Waals surface area contributed by atoms with Gasteiger partial charge in [-0.2, -0.15) is 11.8 Å². The molecule has 14 N–H and O–H groups in total.